The summed E-state index contributed by atoms with van der Waals surface area (Å²) >= 11 is 0. The number of nitrogens with one attached hydrogen (secondary N) is 1. The minimum atomic E-state index is 0.0864. The molecule has 3 aromatic rings. The van der Waals surface area contributed by atoms with Gasteiger partial charge < -0.3 is 5.32 Å². The molecule has 1 amide bonds. The average molecular weight is 426 g/mol. The van der Waals surface area contributed by atoms with Crippen molar-refractivity contribution in [3.05, 3.63) is 77.1 Å². The second kappa shape index (κ2) is 9.64. The molecule has 164 valence electrons. The van der Waals surface area contributed by atoms with Gasteiger partial charge in [-0.15, -0.1) is 0 Å². The third kappa shape index (κ3) is 4.74. The van der Waals surface area contributed by atoms with E-state index < -0.39 is 0 Å². The molecule has 1 fully saturated rings. The van der Waals surface area contributed by atoms with Gasteiger partial charge in [0, 0.05) is 12.0 Å². The van der Waals surface area contributed by atoms with Crippen LogP contribution in [0.2, 0.25) is 0 Å². The first-order chi connectivity index (χ1) is 15.8. The lowest BCUT2D eigenvalue weighted by Crippen LogP contribution is -2.21. The first kappa shape index (κ1) is 20.9. The zero-order valence-corrected chi connectivity index (χ0v) is 18.6. The van der Waals surface area contributed by atoms with Crippen LogP contribution in [-0.4, -0.2) is 15.9 Å². The van der Waals surface area contributed by atoms with Crippen molar-refractivity contribution in [3.8, 4) is 11.3 Å². The number of amides is 1. The SMILES string of the molecule is O=C(CC1CCCCC1)Nc1nc2c(nc1CCc1ccccc1)-c1ccccc1CC2. The molecular weight excluding hydrogens is 394 g/mol. The molecule has 4 heteroatoms. The first-order valence-corrected chi connectivity index (χ1v) is 12.1. The summed E-state index contributed by atoms with van der Waals surface area (Å²) in [6, 6.07) is 18.9. The quantitative estimate of drug-likeness (QED) is 0.532. The molecule has 2 aliphatic carbocycles. The molecule has 0 atom stereocenters. The van der Waals surface area contributed by atoms with Crippen LogP contribution in [0.4, 0.5) is 5.82 Å². The molecule has 2 aliphatic rings. The smallest absolute Gasteiger partial charge is 0.225 e. The summed E-state index contributed by atoms with van der Waals surface area (Å²) < 4.78 is 0. The van der Waals surface area contributed by atoms with Crippen LogP contribution in [0.3, 0.4) is 0 Å². The Kier molecular flexibility index (Phi) is 6.29. The lowest BCUT2D eigenvalue weighted by molar-refractivity contribution is -0.117. The summed E-state index contributed by atoms with van der Waals surface area (Å²) in [6.45, 7) is 0. The van der Waals surface area contributed by atoms with Crippen molar-refractivity contribution >= 4 is 11.7 Å². The van der Waals surface area contributed by atoms with Crippen molar-refractivity contribution in [3.63, 3.8) is 0 Å². The van der Waals surface area contributed by atoms with Crippen molar-refractivity contribution in [2.75, 3.05) is 5.32 Å². The van der Waals surface area contributed by atoms with E-state index in [9.17, 15) is 4.79 Å². The van der Waals surface area contributed by atoms with Gasteiger partial charge in [-0.05, 0) is 55.6 Å². The van der Waals surface area contributed by atoms with E-state index in [-0.39, 0.29) is 5.91 Å². The Hall–Kier alpha value is -3.01. The van der Waals surface area contributed by atoms with Gasteiger partial charge in [-0.25, -0.2) is 9.97 Å². The largest absolute Gasteiger partial charge is 0.309 e. The van der Waals surface area contributed by atoms with Crippen molar-refractivity contribution in [2.24, 2.45) is 5.92 Å². The highest BCUT2D eigenvalue weighted by Crippen LogP contribution is 2.33. The Balaban J connectivity index is 1.42. The summed E-state index contributed by atoms with van der Waals surface area (Å²) in [5.41, 5.74) is 6.66. The third-order valence-electron chi connectivity index (χ3n) is 6.89. The minimum Gasteiger partial charge on any atom is -0.309 e. The maximum Gasteiger partial charge on any atom is 0.225 e. The van der Waals surface area contributed by atoms with Crippen molar-refractivity contribution in [2.45, 2.75) is 64.2 Å². The van der Waals surface area contributed by atoms with E-state index >= 15 is 0 Å². The molecule has 0 radical (unpaired) electrons. The van der Waals surface area contributed by atoms with Crippen molar-refractivity contribution in [1.82, 2.24) is 9.97 Å². The summed E-state index contributed by atoms with van der Waals surface area (Å²) in [5.74, 6) is 1.26. The summed E-state index contributed by atoms with van der Waals surface area (Å²) in [6.07, 6.45) is 10.2. The molecule has 0 unspecified atom stereocenters. The van der Waals surface area contributed by atoms with E-state index in [1.54, 1.807) is 0 Å². The van der Waals surface area contributed by atoms with Gasteiger partial charge in [0.25, 0.3) is 0 Å². The monoisotopic (exact) mass is 425 g/mol. The molecule has 1 N–H and O–H groups in total. The predicted octanol–water partition coefficient (Wildman–Crippen LogP) is 5.94. The second-order valence-corrected chi connectivity index (χ2v) is 9.21. The zero-order valence-electron chi connectivity index (χ0n) is 18.6. The molecule has 0 bridgehead atoms. The summed E-state index contributed by atoms with van der Waals surface area (Å²) in [4.78, 5) is 23.0. The molecule has 2 aromatic carbocycles. The molecule has 1 heterocycles. The van der Waals surface area contributed by atoms with Gasteiger partial charge in [0.05, 0.1) is 17.1 Å². The maximum atomic E-state index is 12.9. The Labute approximate surface area is 190 Å². The molecule has 0 saturated heterocycles. The van der Waals surface area contributed by atoms with Gasteiger partial charge in [0.2, 0.25) is 5.91 Å². The first-order valence-electron chi connectivity index (χ1n) is 12.1. The number of benzene rings is 2. The molecule has 0 spiro atoms. The normalized spacial score (nSPS) is 15.6. The van der Waals surface area contributed by atoms with E-state index in [2.05, 4.69) is 53.8 Å². The number of anilines is 1. The lowest BCUT2D eigenvalue weighted by Gasteiger charge is -2.22. The number of aromatic nitrogens is 2. The standard InChI is InChI=1S/C28H31N3O/c32-26(19-21-11-5-2-6-12-21)31-28-25(17-15-20-9-3-1-4-10-20)29-27-23-14-8-7-13-22(23)16-18-24(27)30-28/h1,3-4,7-10,13-14,21H,2,5-6,11-12,15-19H2,(H,30,31,32). The van der Waals surface area contributed by atoms with Gasteiger partial charge in [0.1, 0.15) is 0 Å². The number of rotatable bonds is 6. The summed E-state index contributed by atoms with van der Waals surface area (Å²) in [5, 5.41) is 3.16. The number of hydrogen-bond donors (Lipinski definition) is 1. The number of nitrogens with zero attached hydrogens (tertiary/aromatic N) is 2. The molecular formula is C28H31N3O. The zero-order chi connectivity index (χ0) is 21.8. The van der Waals surface area contributed by atoms with E-state index in [1.165, 1.54) is 48.8 Å². The number of fused-ring (bicyclic) bond motifs is 3. The van der Waals surface area contributed by atoms with Gasteiger partial charge >= 0.3 is 0 Å². The fraction of sp³-hybridized carbons (Fsp3) is 0.393. The second-order valence-electron chi connectivity index (χ2n) is 9.21. The van der Waals surface area contributed by atoms with Crippen LogP contribution in [-0.2, 0) is 30.5 Å². The number of carbonyl (C=O) groups excluding carboxylic acids is 1. The van der Waals surface area contributed by atoms with Crippen molar-refractivity contribution < 1.29 is 4.79 Å². The maximum absolute atomic E-state index is 12.9. The number of carbonyl (C=O) groups is 1. The van der Waals surface area contributed by atoms with E-state index in [0.29, 0.717) is 18.2 Å². The molecule has 4 nitrogen and oxygen atoms in total. The van der Waals surface area contributed by atoms with Gasteiger partial charge in [-0.1, -0.05) is 73.9 Å². The lowest BCUT2D eigenvalue weighted by atomic mass is 9.87. The van der Waals surface area contributed by atoms with Crippen LogP contribution in [0.25, 0.3) is 11.3 Å². The number of hydrogen-bond acceptors (Lipinski definition) is 3. The highest BCUT2D eigenvalue weighted by Gasteiger charge is 2.23. The Morgan fingerprint density at radius 3 is 2.50 bits per heavy atom. The van der Waals surface area contributed by atoms with Crippen LogP contribution in [0, 0.1) is 5.92 Å². The van der Waals surface area contributed by atoms with Crippen LogP contribution < -0.4 is 5.32 Å². The average Bonchev–Trinajstić information content (AvgIpc) is 2.84. The molecule has 1 saturated carbocycles. The van der Waals surface area contributed by atoms with Crippen LogP contribution in [0.5, 0.6) is 0 Å². The Bertz CT molecular complexity index is 1090. The molecule has 32 heavy (non-hydrogen) atoms. The molecule has 1 aromatic heterocycles. The number of aryl methyl sites for hydroxylation is 4. The predicted molar refractivity (Wildman–Crippen MR) is 129 cm³/mol. The van der Waals surface area contributed by atoms with Crippen LogP contribution >= 0.6 is 0 Å². The van der Waals surface area contributed by atoms with E-state index in [1.807, 2.05) is 6.07 Å². The van der Waals surface area contributed by atoms with Gasteiger partial charge in [-0.2, -0.15) is 0 Å². The Morgan fingerprint density at radius 1 is 0.875 bits per heavy atom. The van der Waals surface area contributed by atoms with E-state index in [4.69, 9.17) is 9.97 Å². The molecule has 5 rings (SSSR count). The summed E-state index contributed by atoms with van der Waals surface area (Å²) in [7, 11) is 0. The van der Waals surface area contributed by atoms with Gasteiger partial charge in [-0.3, -0.25) is 4.79 Å². The third-order valence-corrected chi connectivity index (χ3v) is 6.89. The topological polar surface area (TPSA) is 54.9 Å². The van der Waals surface area contributed by atoms with E-state index in [0.717, 1.165) is 42.8 Å². The highest BCUT2D eigenvalue weighted by molar-refractivity contribution is 5.90. The van der Waals surface area contributed by atoms with Gasteiger partial charge in [0.15, 0.2) is 5.82 Å². The fourth-order valence-corrected chi connectivity index (χ4v) is 5.14. The highest BCUT2D eigenvalue weighted by atomic mass is 16.1. The molecule has 0 aliphatic heterocycles. The minimum absolute atomic E-state index is 0.0864. The Morgan fingerprint density at radius 2 is 1.66 bits per heavy atom. The fourth-order valence-electron chi connectivity index (χ4n) is 5.14. The van der Waals surface area contributed by atoms with Crippen LogP contribution in [0.15, 0.2) is 54.6 Å². The van der Waals surface area contributed by atoms with Crippen LogP contribution in [0.1, 0.15) is 61.0 Å². The van der Waals surface area contributed by atoms with Crippen molar-refractivity contribution in [1.29, 1.82) is 0 Å².